The number of hydrogen-bond acceptors (Lipinski definition) is 5. The quantitative estimate of drug-likeness (QED) is 0.806. The van der Waals surface area contributed by atoms with Crippen molar-refractivity contribution in [3.8, 4) is 5.75 Å². The van der Waals surface area contributed by atoms with Crippen LogP contribution >= 0.6 is 0 Å². The molecule has 1 heterocycles. The van der Waals surface area contributed by atoms with E-state index in [9.17, 15) is 13.2 Å². The number of anilines is 1. The molecule has 1 amide bonds. The molecule has 1 aliphatic heterocycles. The molecular formula is C19H23N3O4S. The van der Waals surface area contributed by atoms with Crippen molar-refractivity contribution in [1.29, 1.82) is 0 Å². The predicted molar refractivity (Wildman–Crippen MR) is 103 cm³/mol. The number of benzene rings is 2. The van der Waals surface area contributed by atoms with Crippen LogP contribution in [0.5, 0.6) is 5.75 Å². The number of methoxy groups -OCH3 is 1. The number of para-hydroxylation sites is 1. The second-order valence-corrected chi connectivity index (χ2v) is 7.97. The molecule has 0 aromatic heterocycles. The highest BCUT2D eigenvalue weighted by atomic mass is 32.2. The average molecular weight is 389 g/mol. The number of sulfonamides is 1. The number of hydrogen-bond donors (Lipinski definition) is 1. The molecule has 0 atom stereocenters. The van der Waals surface area contributed by atoms with Gasteiger partial charge in [-0.25, -0.2) is 13.1 Å². The summed E-state index contributed by atoms with van der Waals surface area (Å²) in [6, 6.07) is 16.1. The van der Waals surface area contributed by atoms with Gasteiger partial charge in [0.15, 0.2) is 0 Å². The molecule has 1 N–H and O–H groups in total. The van der Waals surface area contributed by atoms with Crippen molar-refractivity contribution in [3.63, 3.8) is 0 Å². The molecule has 3 rings (SSSR count). The summed E-state index contributed by atoms with van der Waals surface area (Å²) in [4.78, 5) is 16.4. The van der Waals surface area contributed by atoms with Crippen molar-refractivity contribution < 1.29 is 17.9 Å². The van der Waals surface area contributed by atoms with Crippen molar-refractivity contribution >= 4 is 21.6 Å². The third-order valence-corrected chi connectivity index (χ3v) is 5.95. The normalized spacial score (nSPS) is 14.9. The Balaban J connectivity index is 1.52. The monoisotopic (exact) mass is 389 g/mol. The molecule has 0 bridgehead atoms. The predicted octanol–water partition coefficient (Wildman–Crippen LogP) is 1.32. The van der Waals surface area contributed by atoms with Crippen LogP contribution in [0.25, 0.3) is 0 Å². The lowest BCUT2D eigenvalue weighted by Gasteiger charge is -2.36. The Labute approximate surface area is 159 Å². The van der Waals surface area contributed by atoms with Gasteiger partial charge in [0, 0.05) is 31.9 Å². The second kappa shape index (κ2) is 8.41. The maximum absolute atomic E-state index is 12.4. The first-order valence-corrected chi connectivity index (χ1v) is 10.2. The number of carbonyl (C=O) groups excluding carboxylic acids is 1. The van der Waals surface area contributed by atoms with Crippen molar-refractivity contribution in [1.82, 2.24) is 9.62 Å². The summed E-state index contributed by atoms with van der Waals surface area (Å²) in [7, 11) is -2.22. The zero-order valence-corrected chi connectivity index (χ0v) is 16.0. The fourth-order valence-electron chi connectivity index (χ4n) is 2.96. The van der Waals surface area contributed by atoms with Crippen molar-refractivity contribution in [2.75, 3.05) is 44.7 Å². The van der Waals surface area contributed by atoms with Crippen molar-refractivity contribution in [2.24, 2.45) is 0 Å². The Morgan fingerprint density at radius 3 is 2.22 bits per heavy atom. The van der Waals surface area contributed by atoms with Gasteiger partial charge in [-0.1, -0.05) is 18.2 Å². The van der Waals surface area contributed by atoms with Gasteiger partial charge in [-0.05, 0) is 36.4 Å². The minimum atomic E-state index is -3.74. The van der Waals surface area contributed by atoms with Crippen LogP contribution < -0.4 is 14.4 Å². The van der Waals surface area contributed by atoms with Crippen LogP contribution in [0.4, 0.5) is 5.69 Å². The first-order chi connectivity index (χ1) is 13.0. The van der Waals surface area contributed by atoms with E-state index >= 15 is 0 Å². The molecule has 0 saturated carbocycles. The molecule has 1 saturated heterocycles. The summed E-state index contributed by atoms with van der Waals surface area (Å²) in [5.41, 5.74) is 1.13. The highest BCUT2D eigenvalue weighted by Crippen LogP contribution is 2.16. The molecule has 8 heteroatoms. The van der Waals surface area contributed by atoms with Gasteiger partial charge >= 0.3 is 0 Å². The summed E-state index contributed by atoms with van der Waals surface area (Å²) in [6.45, 7) is 2.33. The topological polar surface area (TPSA) is 78.9 Å². The van der Waals surface area contributed by atoms with Crippen LogP contribution in [-0.4, -0.2) is 59.1 Å². The van der Waals surface area contributed by atoms with Crippen molar-refractivity contribution in [2.45, 2.75) is 4.90 Å². The molecular weight excluding hydrogens is 366 g/mol. The van der Waals surface area contributed by atoms with Gasteiger partial charge in [0.25, 0.3) is 0 Å². The van der Waals surface area contributed by atoms with Crippen LogP contribution in [0.2, 0.25) is 0 Å². The largest absolute Gasteiger partial charge is 0.497 e. The zero-order chi connectivity index (χ0) is 19.3. The molecule has 7 nitrogen and oxygen atoms in total. The van der Waals surface area contributed by atoms with Gasteiger partial charge in [0.05, 0.1) is 18.6 Å². The third-order valence-electron chi connectivity index (χ3n) is 4.54. The number of ether oxygens (including phenoxy) is 1. The number of amides is 1. The van der Waals surface area contributed by atoms with Crippen LogP contribution in [0.15, 0.2) is 59.5 Å². The van der Waals surface area contributed by atoms with Crippen LogP contribution in [0.3, 0.4) is 0 Å². The molecule has 1 aliphatic rings. The molecule has 0 unspecified atom stereocenters. The minimum Gasteiger partial charge on any atom is -0.497 e. The molecule has 27 heavy (non-hydrogen) atoms. The molecule has 2 aromatic carbocycles. The Morgan fingerprint density at radius 1 is 1.00 bits per heavy atom. The number of nitrogens with zero attached hydrogens (tertiary/aromatic N) is 2. The number of carbonyl (C=O) groups is 1. The maximum atomic E-state index is 12.4. The zero-order valence-electron chi connectivity index (χ0n) is 15.2. The van der Waals surface area contributed by atoms with E-state index in [-0.39, 0.29) is 17.3 Å². The van der Waals surface area contributed by atoms with Gasteiger partial charge in [0.1, 0.15) is 5.75 Å². The Hall–Kier alpha value is -2.58. The smallest absolute Gasteiger partial charge is 0.241 e. The van der Waals surface area contributed by atoms with E-state index in [1.807, 2.05) is 30.3 Å². The van der Waals surface area contributed by atoms with Crippen LogP contribution in [-0.2, 0) is 14.8 Å². The van der Waals surface area contributed by atoms with E-state index in [0.717, 1.165) is 18.8 Å². The molecule has 0 radical (unpaired) electrons. The van der Waals surface area contributed by atoms with Gasteiger partial charge in [-0.2, -0.15) is 0 Å². The third kappa shape index (κ3) is 4.78. The first kappa shape index (κ1) is 19.2. The van der Waals surface area contributed by atoms with E-state index in [0.29, 0.717) is 18.8 Å². The van der Waals surface area contributed by atoms with E-state index in [1.165, 1.54) is 19.2 Å². The number of piperazine rings is 1. The minimum absolute atomic E-state index is 0.102. The first-order valence-electron chi connectivity index (χ1n) is 8.71. The summed E-state index contributed by atoms with van der Waals surface area (Å²) in [5.74, 6) is 0.348. The highest BCUT2D eigenvalue weighted by molar-refractivity contribution is 7.89. The Kier molecular flexibility index (Phi) is 5.98. The fraction of sp³-hybridized carbons (Fsp3) is 0.316. The Morgan fingerprint density at radius 2 is 1.63 bits per heavy atom. The summed E-state index contributed by atoms with van der Waals surface area (Å²) in [6.07, 6.45) is 0. The Bertz CT molecular complexity index is 862. The average Bonchev–Trinajstić information content (AvgIpc) is 2.73. The molecule has 1 fully saturated rings. The highest BCUT2D eigenvalue weighted by Gasteiger charge is 2.23. The lowest BCUT2D eigenvalue weighted by atomic mass is 10.2. The molecule has 144 valence electrons. The molecule has 2 aromatic rings. The summed E-state index contributed by atoms with van der Waals surface area (Å²) < 4.78 is 32.0. The summed E-state index contributed by atoms with van der Waals surface area (Å²) in [5, 5.41) is 0. The SMILES string of the molecule is COc1ccc(S(=O)(=O)NCC(=O)N2CCN(c3ccccc3)CC2)cc1. The van der Waals surface area contributed by atoms with E-state index in [1.54, 1.807) is 17.0 Å². The lowest BCUT2D eigenvalue weighted by Crippen LogP contribution is -2.51. The second-order valence-electron chi connectivity index (χ2n) is 6.20. The van der Waals surface area contributed by atoms with Gasteiger partial charge < -0.3 is 14.5 Å². The molecule has 0 spiro atoms. The van der Waals surface area contributed by atoms with Gasteiger partial charge in [0.2, 0.25) is 15.9 Å². The molecule has 0 aliphatic carbocycles. The van der Waals surface area contributed by atoms with E-state index < -0.39 is 10.0 Å². The fourth-order valence-corrected chi connectivity index (χ4v) is 3.93. The van der Waals surface area contributed by atoms with Crippen LogP contribution in [0, 0.1) is 0 Å². The summed E-state index contributed by atoms with van der Waals surface area (Å²) >= 11 is 0. The van der Waals surface area contributed by atoms with Crippen LogP contribution in [0.1, 0.15) is 0 Å². The van der Waals surface area contributed by atoms with Gasteiger partial charge in [-0.15, -0.1) is 0 Å². The number of rotatable bonds is 6. The standard InChI is InChI=1S/C19H23N3O4S/c1-26-17-7-9-18(10-8-17)27(24,25)20-15-19(23)22-13-11-21(12-14-22)16-5-3-2-4-6-16/h2-10,20H,11-15H2,1H3. The lowest BCUT2D eigenvalue weighted by molar-refractivity contribution is -0.130. The maximum Gasteiger partial charge on any atom is 0.241 e. The van der Waals surface area contributed by atoms with E-state index in [2.05, 4.69) is 9.62 Å². The number of nitrogens with one attached hydrogen (secondary N) is 1. The van der Waals surface area contributed by atoms with Crippen molar-refractivity contribution in [3.05, 3.63) is 54.6 Å². The van der Waals surface area contributed by atoms with Gasteiger partial charge in [-0.3, -0.25) is 4.79 Å². The van der Waals surface area contributed by atoms with E-state index in [4.69, 9.17) is 4.74 Å².